The van der Waals surface area contributed by atoms with Gasteiger partial charge in [-0.3, -0.25) is 9.59 Å². The number of aliphatic hydroxyl groups excluding tert-OH is 6. The number of H-pyrrole nitrogens is 1. The maximum Gasteiger partial charge on any atom is 0.276 e. The molecule has 232 valence electrons. The Hall–Kier alpha value is -4.32. The molecule has 0 bridgehead atoms. The molecule has 44 heavy (non-hydrogen) atoms. The van der Waals surface area contributed by atoms with Crippen LogP contribution in [0.1, 0.15) is 26.9 Å². The van der Waals surface area contributed by atoms with Gasteiger partial charge in [-0.05, 0) is 24.3 Å². The number of nitrogens with zero attached hydrogens (tertiary/aromatic N) is 2. The van der Waals surface area contributed by atoms with Crippen LogP contribution in [0.25, 0.3) is 43.6 Å². The number of phenols is 2. The number of aromatic amines is 1. The maximum atomic E-state index is 14.0. The second kappa shape index (κ2) is 11.0. The van der Waals surface area contributed by atoms with Crippen molar-refractivity contribution >= 4 is 55.4 Å². The summed E-state index contributed by atoms with van der Waals surface area (Å²) in [6.45, 7) is -1.87. The van der Waals surface area contributed by atoms with E-state index in [1.54, 1.807) is 0 Å². The zero-order chi connectivity index (χ0) is 31.6. The zero-order valence-electron chi connectivity index (χ0n) is 23.2. The first-order chi connectivity index (χ1) is 21.1. The largest absolute Gasteiger partial charge is 0.508 e. The number of hydrogen-bond acceptors (Lipinski definition) is 12. The lowest BCUT2D eigenvalue weighted by Gasteiger charge is -2.29. The quantitative estimate of drug-likeness (QED) is 0.0902. The summed E-state index contributed by atoms with van der Waals surface area (Å²) in [5.41, 5.74) is 3.21. The lowest BCUT2D eigenvalue weighted by Crippen LogP contribution is -2.50. The van der Waals surface area contributed by atoms with Crippen molar-refractivity contribution in [2.75, 3.05) is 26.9 Å². The number of aliphatic hydroxyl groups is 6. The number of methoxy groups -OCH3 is 1. The van der Waals surface area contributed by atoms with E-state index in [9.17, 15) is 50.4 Å². The number of amides is 2. The molecule has 10 N–H and O–H groups in total. The molecule has 0 spiro atoms. The fourth-order valence-corrected chi connectivity index (χ4v) is 6.00. The highest BCUT2D eigenvalue weighted by Gasteiger charge is 2.43. The number of carbonyl (C=O) groups excluding carboxylic acids is 2. The summed E-state index contributed by atoms with van der Waals surface area (Å²) in [5.74, 6) is -1.96. The number of carbonyl (C=O) groups is 2. The molecule has 4 atom stereocenters. The van der Waals surface area contributed by atoms with Crippen LogP contribution in [-0.4, -0.2) is 119 Å². The average Bonchev–Trinajstić information content (AvgIpc) is 3.62. The van der Waals surface area contributed by atoms with Crippen LogP contribution >= 0.6 is 0 Å². The predicted octanol–water partition coefficient (Wildman–Crippen LogP) is -0.486. The van der Waals surface area contributed by atoms with Crippen molar-refractivity contribution < 1.29 is 55.2 Å². The van der Waals surface area contributed by atoms with Gasteiger partial charge < -0.3 is 55.1 Å². The van der Waals surface area contributed by atoms with Crippen LogP contribution in [0.4, 0.5) is 0 Å². The van der Waals surface area contributed by atoms with Crippen LogP contribution in [0.2, 0.25) is 0 Å². The monoisotopic (exact) mass is 610 g/mol. The van der Waals surface area contributed by atoms with Gasteiger partial charge in [0.1, 0.15) is 29.8 Å². The Balaban J connectivity index is 1.76. The van der Waals surface area contributed by atoms with Crippen LogP contribution in [0, 0.1) is 0 Å². The zero-order valence-corrected chi connectivity index (χ0v) is 23.2. The van der Waals surface area contributed by atoms with Gasteiger partial charge >= 0.3 is 0 Å². The summed E-state index contributed by atoms with van der Waals surface area (Å²) in [4.78, 5) is 31.1. The Morgan fingerprint density at radius 2 is 1.45 bits per heavy atom. The highest BCUT2D eigenvalue weighted by atomic mass is 16.5. The molecule has 1 aliphatic rings. The molecule has 3 heterocycles. The first-order valence-corrected chi connectivity index (χ1v) is 13.6. The summed E-state index contributed by atoms with van der Waals surface area (Å²) in [6.07, 6.45) is -6.97. The minimum absolute atomic E-state index is 0.0431. The third-order valence-corrected chi connectivity index (χ3v) is 8.13. The fraction of sp³-hybridized carbons (Fsp3) is 0.310. The van der Waals surface area contributed by atoms with E-state index >= 15 is 0 Å². The van der Waals surface area contributed by atoms with Gasteiger partial charge in [0, 0.05) is 40.8 Å². The molecule has 0 radical (unpaired) electrons. The Labute approximate surface area is 247 Å². The highest BCUT2D eigenvalue weighted by molar-refractivity contribution is 6.39. The van der Waals surface area contributed by atoms with Gasteiger partial charge in [-0.1, -0.05) is 0 Å². The summed E-state index contributed by atoms with van der Waals surface area (Å²) >= 11 is 0. The number of phenolic OH excluding ortho intramolecular Hbond substituents is 2. The van der Waals surface area contributed by atoms with Gasteiger partial charge in [-0.15, -0.1) is 0 Å². The summed E-state index contributed by atoms with van der Waals surface area (Å²) in [7, 11) is 1.20. The summed E-state index contributed by atoms with van der Waals surface area (Å²) < 4.78 is 6.23. The number of aromatic nitrogens is 2. The SMILES string of the molecule is COC(CO)C(O)C(O)C(O)n1c2cc(O)ccc2c2c3c(c4c5ccc(O)cc5[nH]c4c21)C(=O)N(NC(CO)CO)C3=O. The van der Waals surface area contributed by atoms with Gasteiger partial charge in [0.2, 0.25) is 0 Å². The fourth-order valence-electron chi connectivity index (χ4n) is 6.00. The lowest BCUT2D eigenvalue weighted by atomic mass is 9.96. The van der Waals surface area contributed by atoms with Gasteiger partial charge in [0.05, 0.1) is 59.1 Å². The van der Waals surface area contributed by atoms with E-state index in [1.165, 1.54) is 48.1 Å². The molecule has 0 fully saturated rings. The molecule has 3 aromatic carbocycles. The third kappa shape index (κ3) is 4.21. The van der Waals surface area contributed by atoms with Crippen molar-refractivity contribution in [3.05, 3.63) is 47.5 Å². The van der Waals surface area contributed by atoms with E-state index in [4.69, 9.17) is 4.74 Å². The first kappa shape index (κ1) is 29.7. The first-order valence-electron chi connectivity index (χ1n) is 13.6. The normalized spacial score (nSPS) is 16.6. The standard InChI is InChI=1S/C29H30N4O11/c1-44-18(10-36)25(39)26(40)29(43)32-17-7-13(38)3-5-15(17)20-22-21(27(41)33(28(22)42)31-11(8-34)9-35)19-14-4-2-12(37)6-16(14)30-23(19)24(20)32/h2-7,11,18,25-26,29-31,34-40,43H,8-10H2,1H3. The molecular weight excluding hydrogens is 580 g/mol. The molecule has 4 unspecified atom stereocenters. The van der Waals surface area contributed by atoms with Crippen LogP contribution in [0.5, 0.6) is 11.5 Å². The number of rotatable bonds is 10. The van der Waals surface area contributed by atoms with Crippen molar-refractivity contribution in [3.63, 3.8) is 0 Å². The van der Waals surface area contributed by atoms with Gasteiger partial charge in [0.25, 0.3) is 11.8 Å². The van der Waals surface area contributed by atoms with Crippen molar-refractivity contribution in [2.24, 2.45) is 0 Å². The number of hydrogen-bond donors (Lipinski definition) is 10. The lowest BCUT2D eigenvalue weighted by molar-refractivity contribution is -0.140. The number of aromatic hydroxyl groups is 2. The number of hydrazine groups is 1. The van der Waals surface area contributed by atoms with E-state index in [-0.39, 0.29) is 55.3 Å². The number of benzene rings is 3. The number of imide groups is 1. The van der Waals surface area contributed by atoms with E-state index in [0.717, 1.165) is 0 Å². The molecule has 5 aromatic rings. The molecule has 15 nitrogen and oxygen atoms in total. The Kier molecular flexibility index (Phi) is 7.43. The smallest absolute Gasteiger partial charge is 0.276 e. The van der Waals surface area contributed by atoms with Crippen molar-refractivity contribution in [1.82, 2.24) is 20.0 Å². The average molecular weight is 611 g/mol. The van der Waals surface area contributed by atoms with E-state index in [0.29, 0.717) is 15.9 Å². The highest BCUT2D eigenvalue weighted by Crippen LogP contribution is 2.46. The summed E-state index contributed by atoms with van der Waals surface area (Å²) in [6, 6.07) is 7.34. The van der Waals surface area contributed by atoms with Crippen molar-refractivity contribution in [2.45, 2.75) is 30.6 Å². The molecule has 15 heteroatoms. The predicted molar refractivity (Wildman–Crippen MR) is 155 cm³/mol. The number of nitrogens with one attached hydrogen (secondary N) is 2. The molecule has 0 saturated carbocycles. The maximum absolute atomic E-state index is 14.0. The van der Waals surface area contributed by atoms with Crippen LogP contribution in [-0.2, 0) is 4.74 Å². The van der Waals surface area contributed by atoms with Gasteiger partial charge in [0.15, 0.2) is 6.23 Å². The Morgan fingerprint density at radius 3 is 2.07 bits per heavy atom. The molecule has 1 aliphatic heterocycles. The van der Waals surface area contributed by atoms with Crippen molar-refractivity contribution in [1.29, 1.82) is 0 Å². The molecule has 2 aromatic heterocycles. The topological polar surface area (TPSA) is 241 Å². The van der Waals surface area contributed by atoms with E-state index < -0.39 is 62.2 Å². The summed E-state index contributed by atoms with van der Waals surface area (Å²) in [5, 5.41) is 84.7. The van der Waals surface area contributed by atoms with E-state index in [2.05, 4.69) is 10.4 Å². The molecule has 0 aliphatic carbocycles. The van der Waals surface area contributed by atoms with Crippen molar-refractivity contribution in [3.8, 4) is 11.5 Å². The Bertz CT molecular complexity index is 1940. The van der Waals surface area contributed by atoms with E-state index in [1.807, 2.05) is 0 Å². The molecule has 6 rings (SSSR count). The minimum atomic E-state index is -1.96. The minimum Gasteiger partial charge on any atom is -0.508 e. The number of ether oxygens (including phenoxy) is 1. The molecule has 2 amide bonds. The van der Waals surface area contributed by atoms with Crippen LogP contribution in [0.3, 0.4) is 0 Å². The van der Waals surface area contributed by atoms with Gasteiger partial charge in [-0.25, -0.2) is 10.4 Å². The van der Waals surface area contributed by atoms with Crippen LogP contribution in [0.15, 0.2) is 36.4 Å². The Morgan fingerprint density at radius 1 is 0.841 bits per heavy atom. The molecular formula is C29H30N4O11. The van der Waals surface area contributed by atoms with Gasteiger partial charge in [-0.2, -0.15) is 0 Å². The number of fused-ring (bicyclic) bond motifs is 10. The third-order valence-electron chi connectivity index (χ3n) is 8.13. The second-order valence-corrected chi connectivity index (χ2v) is 10.6. The molecule has 0 saturated heterocycles. The van der Waals surface area contributed by atoms with Crippen LogP contribution < -0.4 is 5.43 Å². The second-order valence-electron chi connectivity index (χ2n) is 10.6.